The van der Waals surface area contributed by atoms with Gasteiger partial charge < -0.3 is 4.42 Å². The van der Waals surface area contributed by atoms with Crippen LogP contribution < -0.4 is 0 Å². The Bertz CT molecular complexity index is 195. The molecule has 0 N–H and O–H groups in total. The van der Waals surface area contributed by atoms with Gasteiger partial charge in [-0.05, 0) is 0 Å². The molecule has 1 aromatic heterocycles. The third kappa shape index (κ3) is 1.67. The van der Waals surface area contributed by atoms with Gasteiger partial charge in [0.05, 0.1) is 6.20 Å². The largest absolute Gasteiger partial charge is 0.435 e. The molecule has 0 aliphatic heterocycles. The minimum atomic E-state index is 0.397. The van der Waals surface area contributed by atoms with Gasteiger partial charge in [-0.1, -0.05) is 13.8 Å². The van der Waals surface area contributed by atoms with Gasteiger partial charge in [0.1, 0.15) is 0 Å². The molecule has 0 saturated carbocycles. The van der Waals surface area contributed by atoms with Gasteiger partial charge in [0.25, 0.3) is 0 Å². The Morgan fingerprint density at radius 2 is 2.33 bits per heavy atom. The van der Waals surface area contributed by atoms with Crippen molar-refractivity contribution >= 4 is 22.6 Å². The zero-order chi connectivity index (χ0) is 6.85. The van der Waals surface area contributed by atoms with Crippen LogP contribution in [-0.4, -0.2) is 4.98 Å². The zero-order valence-corrected chi connectivity index (χ0v) is 7.55. The van der Waals surface area contributed by atoms with E-state index in [1.165, 1.54) is 0 Å². The van der Waals surface area contributed by atoms with E-state index in [1.54, 1.807) is 6.20 Å². The highest BCUT2D eigenvalue weighted by Gasteiger charge is 2.04. The molecule has 2 nitrogen and oxygen atoms in total. The number of aromatic nitrogens is 1. The van der Waals surface area contributed by atoms with E-state index in [0.29, 0.717) is 5.92 Å². The van der Waals surface area contributed by atoms with Crippen LogP contribution in [-0.2, 0) is 0 Å². The first-order valence-electron chi connectivity index (χ1n) is 2.81. The predicted molar refractivity (Wildman–Crippen MR) is 43.3 cm³/mol. The molecule has 0 aromatic carbocycles. The van der Waals surface area contributed by atoms with Crippen molar-refractivity contribution in [3.8, 4) is 0 Å². The van der Waals surface area contributed by atoms with E-state index >= 15 is 0 Å². The van der Waals surface area contributed by atoms with Crippen LogP contribution in [0.2, 0.25) is 0 Å². The summed E-state index contributed by atoms with van der Waals surface area (Å²) in [5.74, 6) is 1.22. The first-order valence-corrected chi connectivity index (χ1v) is 3.89. The highest BCUT2D eigenvalue weighted by molar-refractivity contribution is 14.1. The quantitative estimate of drug-likeness (QED) is 0.701. The summed E-state index contributed by atoms with van der Waals surface area (Å²) in [4.78, 5) is 4.04. The van der Waals surface area contributed by atoms with Gasteiger partial charge in [-0.2, -0.15) is 0 Å². The molecule has 0 fully saturated rings. The van der Waals surface area contributed by atoms with Gasteiger partial charge >= 0.3 is 0 Å². The highest BCUT2D eigenvalue weighted by Crippen LogP contribution is 2.14. The molecule has 1 aromatic rings. The molecular formula is C6H8INO. The second kappa shape index (κ2) is 2.68. The third-order valence-corrected chi connectivity index (χ3v) is 1.49. The lowest BCUT2D eigenvalue weighted by Crippen LogP contribution is -1.84. The van der Waals surface area contributed by atoms with E-state index in [2.05, 4.69) is 41.4 Å². The number of rotatable bonds is 1. The van der Waals surface area contributed by atoms with Crippen LogP contribution >= 0.6 is 22.6 Å². The molecule has 0 atom stereocenters. The molecule has 0 aliphatic carbocycles. The van der Waals surface area contributed by atoms with Crippen LogP contribution in [0.3, 0.4) is 0 Å². The average Bonchev–Trinajstić information content (AvgIpc) is 2.14. The van der Waals surface area contributed by atoms with Crippen molar-refractivity contribution in [1.82, 2.24) is 4.98 Å². The van der Waals surface area contributed by atoms with Crippen molar-refractivity contribution in [3.63, 3.8) is 0 Å². The first kappa shape index (κ1) is 7.05. The summed E-state index contributed by atoms with van der Waals surface area (Å²) in [6.07, 6.45) is 1.73. The van der Waals surface area contributed by atoms with Gasteiger partial charge in [-0.3, -0.25) is 0 Å². The van der Waals surface area contributed by atoms with Crippen LogP contribution in [0.4, 0.5) is 0 Å². The second-order valence-corrected chi connectivity index (χ2v) is 3.22. The molecule has 0 bridgehead atoms. The Kier molecular flexibility index (Phi) is 2.10. The van der Waals surface area contributed by atoms with Gasteiger partial charge in [-0.25, -0.2) is 4.98 Å². The second-order valence-electron chi connectivity index (χ2n) is 2.16. The standard InChI is InChI=1S/C6H8INO/c1-4(2)6-8-3-5(7)9-6/h3-4H,1-2H3. The molecule has 0 unspecified atom stereocenters. The Balaban J connectivity index is 2.85. The predicted octanol–water partition coefficient (Wildman–Crippen LogP) is 2.40. The van der Waals surface area contributed by atoms with Gasteiger partial charge in [-0.15, -0.1) is 0 Å². The Morgan fingerprint density at radius 1 is 1.67 bits per heavy atom. The lowest BCUT2D eigenvalue weighted by molar-refractivity contribution is 0.451. The van der Waals surface area contributed by atoms with Crippen molar-refractivity contribution in [2.24, 2.45) is 0 Å². The Labute approximate surface area is 67.8 Å². The molecule has 0 radical (unpaired) electrons. The summed E-state index contributed by atoms with van der Waals surface area (Å²) in [5.41, 5.74) is 0. The van der Waals surface area contributed by atoms with E-state index in [0.717, 1.165) is 9.66 Å². The fraction of sp³-hybridized carbons (Fsp3) is 0.500. The number of oxazole rings is 1. The Morgan fingerprint density at radius 3 is 2.56 bits per heavy atom. The van der Waals surface area contributed by atoms with Crippen molar-refractivity contribution < 1.29 is 4.42 Å². The van der Waals surface area contributed by atoms with Crippen LogP contribution in [0.5, 0.6) is 0 Å². The molecule has 1 rings (SSSR count). The molecule has 0 saturated heterocycles. The molecule has 3 heteroatoms. The van der Waals surface area contributed by atoms with Crippen molar-refractivity contribution in [1.29, 1.82) is 0 Å². The van der Waals surface area contributed by atoms with Crippen LogP contribution in [0.1, 0.15) is 25.7 Å². The van der Waals surface area contributed by atoms with E-state index in [-0.39, 0.29) is 0 Å². The topological polar surface area (TPSA) is 26.0 Å². The third-order valence-electron chi connectivity index (χ3n) is 0.989. The van der Waals surface area contributed by atoms with Crippen LogP contribution in [0.15, 0.2) is 10.6 Å². The van der Waals surface area contributed by atoms with Gasteiger partial charge in [0, 0.05) is 28.5 Å². The van der Waals surface area contributed by atoms with Crippen LogP contribution in [0.25, 0.3) is 0 Å². The summed E-state index contributed by atoms with van der Waals surface area (Å²) in [6.45, 7) is 4.11. The fourth-order valence-electron chi connectivity index (χ4n) is 0.534. The minimum Gasteiger partial charge on any atom is -0.435 e. The van der Waals surface area contributed by atoms with Crippen molar-refractivity contribution in [2.75, 3.05) is 0 Å². The summed E-state index contributed by atoms with van der Waals surface area (Å²) < 4.78 is 6.08. The highest BCUT2D eigenvalue weighted by atomic mass is 127. The number of hydrogen-bond acceptors (Lipinski definition) is 2. The summed E-state index contributed by atoms with van der Waals surface area (Å²) in [5, 5.41) is 0. The zero-order valence-electron chi connectivity index (χ0n) is 5.39. The monoisotopic (exact) mass is 237 g/mol. The molecule has 50 valence electrons. The summed E-state index contributed by atoms with van der Waals surface area (Å²) in [6, 6.07) is 0. The minimum absolute atomic E-state index is 0.397. The maximum Gasteiger partial charge on any atom is 0.198 e. The smallest absolute Gasteiger partial charge is 0.198 e. The molecule has 9 heavy (non-hydrogen) atoms. The normalized spacial score (nSPS) is 10.7. The maximum atomic E-state index is 5.22. The van der Waals surface area contributed by atoms with E-state index in [4.69, 9.17) is 4.42 Å². The van der Waals surface area contributed by atoms with E-state index in [9.17, 15) is 0 Å². The molecule has 0 amide bonds. The molecule has 0 aliphatic rings. The van der Waals surface area contributed by atoms with E-state index < -0.39 is 0 Å². The summed E-state index contributed by atoms with van der Waals surface area (Å²) in [7, 11) is 0. The van der Waals surface area contributed by atoms with Crippen molar-refractivity contribution in [2.45, 2.75) is 19.8 Å². The van der Waals surface area contributed by atoms with Crippen LogP contribution in [0, 0.1) is 3.77 Å². The van der Waals surface area contributed by atoms with E-state index in [1.807, 2.05) is 0 Å². The molecule has 0 spiro atoms. The lowest BCUT2D eigenvalue weighted by atomic mass is 10.2. The van der Waals surface area contributed by atoms with Gasteiger partial charge in [0.2, 0.25) is 0 Å². The number of hydrogen-bond donors (Lipinski definition) is 0. The maximum absolute atomic E-state index is 5.22. The molecule has 1 heterocycles. The average molecular weight is 237 g/mol. The SMILES string of the molecule is CC(C)c1ncc(I)o1. The lowest BCUT2D eigenvalue weighted by Gasteiger charge is -1.93. The van der Waals surface area contributed by atoms with Gasteiger partial charge in [0.15, 0.2) is 9.66 Å². The first-order chi connectivity index (χ1) is 4.20. The number of halogens is 1. The molecular weight excluding hydrogens is 229 g/mol. The van der Waals surface area contributed by atoms with Crippen molar-refractivity contribution in [3.05, 3.63) is 15.9 Å². The fourth-order valence-corrected chi connectivity index (χ4v) is 0.899. The Hall–Kier alpha value is -0.0600. The summed E-state index contributed by atoms with van der Waals surface area (Å²) >= 11 is 2.10. The number of nitrogens with zero attached hydrogens (tertiary/aromatic N) is 1.